The van der Waals surface area contributed by atoms with Crippen LogP contribution in [0.2, 0.25) is 0 Å². The van der Waals surface area contributed by atoms with Gasteiger partial charge in [0.25, 0.3) is 0 Å². The van der Waals surface area contributed by atoms with Gasteiger partial charge >= 0.3 is 0 Å². The standard InChI is InChI=1S/C18H25N7O/c1-3-20-18(21-9-6-15-4-7-19-8-5-15)24-10-11-25(17(26)14-24)16-12-22-23(2)13-16/h4-5,7-8,12-13H,3,6,9-11,14H2,1-2H3,(H,20,21). The molecule has 0 aromatic carbocycles. The summed E-state index contributed by atoms with van der Waals surface area (Å²) in [5.41, 5.74) is 2.05. The number of hydrogen-bond acceptors (Lipinski definition) is 4. The van der Waals surface area contributed by atoms with Gasteiger partial charge in [-0.25, -0.2) is 0 Å². The molecule has 0 unspecified atom stereocenters. The van der Waals surface area contributed by atoms with E-state index in [-0.39, 0.29) is 5.91 Å². The molecule has 3 rings (SSSR count). The molecule has 0 atom stereocenters. The van der Waals surface area contributed by atoms with Crippen molar-refractivity contribution < 1.29 is 4.79 Å². The summed E-state index contributed by atoms with van der Waals surface area (Å²) in [6.45, 7) is 5.15. The zero-order valence-electron chi connectivity index (χ0n) is 15.3. The molecular formula is C18H25N7O. The molecule has 8 heteroatoms. The maximum atomic E-state index is 12.6. The molecule has 1 fully saturated rings. The lowest BCUT2D eigenvalue weighted by Gasteiger charge is -2.35. The lowest BCUT2D eigenvalue weighted by atomic mass is 10.2. The molecule has 3 heterocycles. The van der Waals surface area contributed by atoms with Crippen molar-refractivity contribution in [1.29, 1.82) is 0 Å². The number of amides is 1. The molecule has 2 aromatic heterocycles. The summed E-state index contributed by atoms with van der Waals surface area (Å²) in [6, 6.07) is 4.00. The first-order valence-electron chi connectivity index (χ1n) is 8.88. The van der Waals surface area contributed by atoms with E-state index in [2.05, 4.69) is 15.4 Å². The molecule has 26 heavy (non-hydrogen) atoms. The van der Waals surface area contributed by atoms with E-state index >= 15 is 0 Å². The summed E-state index contributed by atoms with van der Waals surface area (Å²) in [5, 5.41) is 7.44. The van der Waals surface area contributed by atoms with E-state index in [1.165, 1.54) is 5.56 Å². The second-order valence-electron chi connectivity index (χ2n) is 6.18. The number of piperazine rings is 1. The van der Waals surface area contributed by atoms with E-state index in [9.17, 15) is 4.79 Å². The number of carbonyl (C=O) groups is 1. The second-order valence-corrected chi connectivity index (χ2v) is 6.18. The lowest BCUT2D eigenvalue weighted by Crippen LogP contribution is -2.55. The zero-order valence-corrected chi connectivity index (χ0v) is 15.3. The Morgan fingerprint density at radius 2 is 2.12 bits per heavy atom. The first-order chi connectivity index (χ1) is 12.7. The Morgan fingerprint density at radius 3 is 2.77 bits per heavy atom. The molecule has 0 radical (unpaired) electrons. The fourth-order valence-electron chi connectivity index (χ4n) is 2.94. The number of aromatic nitrogens is 3. The Labute approximate surface area is 153 Å². The summed E-state index contributed by atoms with van der Waals surface area (Å²) in [5.74, 6) is 0.852. The van der Waals surface area contributed by atoms with Crippen molar-refractivity contribution in [2.75, 3.05) is 37.6 Å². The van der Waals surface area contributed by atoms with Crippen LogP contribution in [0.15, 0.2) is 41.9 Å². The van der Waals surface area contributed by atoms with Crippen molar-refractivity contribution in [3.63, 3.8) is 0 Å². The van der Waals surface area contributed by atoms with Crippen LogP contribution < -0.4 is 10.2 Å². The number of aryl methyl sites for hydroxylation is 1. The number of nitrogens with one attached hydrogen (secondary N) is 1. The van der Waals surface area contributed by atoms with Crippen LogP contribution in [0.5, 0.6) is 0 Å². The highest BCUT2D eigenvalue weighted by Crippen LogP contribution is 2.16. The van der Waals surface area contributed by atoms with Crippen LogP contribution in [0.4, 0.5) is 5.69 Å². The molecule has 8 nitrogen and oxygen atoms in total. The minimum absolute atomic E-state index is 0.0592. The molecule has 138 valence electrons. The first-order valence-corrected chi connectivity index (χ1v) is 8.88. The topological polar surface area (TPSA) is 78.7 Å². The number of carbonyl (C=O) groups excluding carboxylic acids is 1. The first kappa shape index (κ1) is 17.9. The van der Waals surface area contributed by atoms with Gasteiger partial charge in [0, 0.05) is 51.8 Å². The quantitative estimate of drug-likeness (QED) is 0.630. The van der Waals surface area contributed by atoms with E-state index in [0.29, 0.717) is 19.6 Å². The van der Waals surface area contributed by atoms with Crippen LogP contribution in [0.1, 0.15) is 12.5 Å². The van der Waals surface area contributed by atoms with Crippen molar-refractivity contribution in [1.82, 2.24) is 25.0 Å². The second kappa shape index (κ2) is 8.46. The van der Waals surface area contributed by atoms with Crippen molar-refractivity contribution in [3.8, 4) is 0 Å². The van der Waals surface area contributed by atoms with Gasteiger partial charge in [-0.05, 0) is 31.0 Å². The van der Waals surface area contributed by atoms with Gasteiger partial charge < -0.3 is 15.1 Å². The predicted octanol–water partition coefficient (Wildman–Crippen LogP) is 0.672. The number of nitrogens with zero attached hydrogens (tertiary/aromatic N) is 6. The Bertz CT molecular complexity index is 756. The van der Waals surface area contributed by atoms with E-state index in [1.807, 2.05) is 37.2 Å². The zero-order chi connectivity index (χ0) is 18.4. The summed E-state index contributed by atoms with van der Waals surface area (Å²) in [4.78, 5) is 25.1. The van der Waals surface area contributed by atoms with Gasteiger partial charge in [-0.2, -0.15) is 5.10 Å². The summed E-state index contributed by atoms with van der Waals surface area (Å²) in [6.07, 6.45) is 8.02. The molecule has 0 bridgehead atoms. The number of pyridine rings is 1. The average molecular weight is 355 g/mol. The number of hydrogen-bond donors (Lipinski definition) is 1. The molecule has 0 aliphatic carbocycles. The minimum Gasteiger partial charge on any atom is -0.357 e. The van der Waals surface area contributed by atoms with Gasteiger partial charge in [0.05, 0.1) is 11.9 Å². The Kier molecular flexibility index (Phi) is 5.83. The largest absolute Gasteiger partial charge is 0.357 e. The van der Waals surface area contributed by atoms with Gasteiger partial charge in [-0.15, -0.1) is 0 Å². The molecule has 0 saturated carbocycles. The molecule has 2 aromatic rings. The minimum atomic E-state index is 0.0592. The third kappa shape index (κ3) is 4.38. The number of rotatable bonds is 5. The Balaban J connectivity index is 1.61. The van der Waals surface area contributed by atoms with Crippen LogP contribution >= 0.6 is 0 Å². The van der Waals surface area contributed by atoms with E-state index in [1.54, 1.807) is 28.2 Å². The molecule has 1 saturated heterocycles. The third-order valence-corrected chi connectivity index (χ3v) is 4.27. The third-order valence-electron chi connectivity index (χ3n) is 4.27. The Morgan fingerprint density at radius 1 is 1.31 bits per heavy atom. The molecule has 1 aliphatic heterocycles. The summed E-state index contributed by atoms with van der Waals surface area (Å²) in [7, 11) is 1.85. The molecule has 0 spiro atoms. The van der Waals surface area contributed by atoms with Crippen molar-refractivity contribution in [2.45, 2.75) is 13.3 Å². The SMILES string of the molecule is CCNC(=NCCc1ccncc1)N1CCN(c2cnn(C)c2)C(=O)C1. The van der Waals surface area contributed by atoms with E-state index in [4.69, 9.17) is 4.99 Å². The van der Waals surface area contributed by atoms with Crippen LogP contribution in [0.3, 0.4) is 0 Å². The molecule has 1 amide bonds. The Hall–Kier alpha value is -2.90. The predicted molar refractivity (Wildman–Crippen MR) is 101 cm³/mol. The number of guanidine groups is 1. The monoisotopic (exact) mass is 355 g/mol. The normalized spacial score (nSPS) is 15.5. The smallest absolute Gasteiger partial charge is 0.246 e. The highest BCUT2D eigenvalue weighted by atomic mass is 16.2. The maximum absolute atomic E-state index is 12.6. The van der Waals surface area contributed by atoms with E-state index in [0.717, 1.165) is 31.2 Å². The molecular weight excluding hydrogens is 330 g/mol. The molecule has 1 N–H and O–H groups in total. The van der Waals surface area contributed by atoms with Gasteiger partial charge in [0.2, 0.25) is 5.91 Å². The fraction of sp³-hybridized carbons (Fsp3) is 0.444. The number of anilines is 1. The highest BCUT2D eigenvalue weighted by Gasteiger charge is 2.27. The lowest BCUT2D eigenvalue weighted by molar-refractivity contribution is -0.120. The fourth-order valence-corrected chi connectivity index (χ4v) is 2.94. The van der Waals surface area contributed by atoms with Crippen LogP contribution in [-0.2, 0) is 18.3 Å². The average Bonchev–Trinajstić information content (AvgIpc) is 3.08. The maximum Gasteiger partial charge on any atom is 0.246 e. The van der Waals surface area contributed by atoms with Crippen LogP contribution in [0, 0.1) is 0 Å². The highest BCUT2D eigenvalue weighted by molar-refractivity contribution is 5.98. The van der Waals surface area contributed by atoms with Gasteiger partial charge in [0.15, 0.2) is 5.96 Å². The van der Waals surface area contributed by atoms with Gasteiger partial charge in [-0.3, -0.25) is 19.5 Å². The van der Waals surface area contributed by atoms with Gasteiger partial charge in [-0.1, -0.05) is 0 Å². The van der Waals surface area contributed by atoms with E-state index < -0.39 is 0 Å². The summed E-state index contributed by atoms with van der Waals surface area (Å²) < 4.78 is 1.71. The summed E-state index contributed by atoms with van der Waals surface area (Å²) >= 11 is 0. The van der Waals surface area contributed by atoms with Crippen molar-refractivity contribution >= 4 is 17.6 Å². The van der Waals surface area contributed by atoms with Gasteiger partial charge in [0.1, 0.15) is 6.54 Å². The number of aliphatic imine (C=N–C) groups is 1. The van der Waals surface area contributed by atoms with Crippen molar-refractivity contribution in [3.05, 3.63) is 42.5 Å². The molecule has 1 aliphatic rings. The van der Waals surface area contributed by atoms with Crippen LogP contribution in [-0.4, -0.2) is 64.3 Å². The van der Waals surface area contributed by atoms with Crippen molar-refractivity contribution in [2.24, 2.45) is 12.0 Å². The van der Waals surface area contributed by atoms with Crippen LogP contribution in [0.25, 0.3) is 0 Å².